The maximum atomic E-state index is 12.9. The van der Waals surface area contributed by atoms with Gasteiger partial charge in [-0.05, 0) is 36.8 Å². The number of anilines is 1. The quantitative estimate of drug-likeness (QED) is 0.572. The zero-order valence-electron chi connectivity index (χ0n) is 18.4. The molecule has 0 aliphatic rings. The summed E-state index contributed by atoms with van der Waals surface area (Å²) in [5, 5.41) is 11.7. The molecule has 0 saturated heterocycles. The minimum absolute atomic E-state index is 0.142. The lowest BCUT2D eigenvalue weighted by molar-refractivity contribution is -0.154. The van der Waals surface area contributed by atoms with Gasteiger partial charge in [0.25, 0.3) is 5.91 Å². The summed E-state index contributed by atoms with van der Waals surface area (Å²) in [7, 11) is 1.55. The predicted molar refractivity (Wildman–Crippen MR) is 119 cm³/mol. The molecule has 0 spiro atoms. The number of hydrogen-bond donors (Lipinski definition) is 1. The third-order valence-corrected chi connectivity index (χ3v) is 4.70. The van der Waals surface area contributed by atoms with Crippen LogP contribution in [0.15, 0.2) is 54.6 Å². The highest BCUT2D eigenvalue weighted by atomic mass is 16.5. The van der Waals surface area contributed by atoms with Crippen molar-refractivity contribution in [2.24, 2.45) is 0 Å². The lowest BCUT2D eigenvalue weighted by Crippen LogP contribution is -2.41. The Morgan fingerprint density at radius 1 is 1.09 bits per heavy atom. The van der Waals surface area contributed by atoms with Gasteiger partial charge in [-0.15, -0.1) is 0 Å². The van der Waals surface area contributed by atoms with Crippen molar-refractivity contribution in [2.45, 2.75) is 38.8 Å². The van der Waals surface area contributed by atoms with Crippen LogP contribution in [0.4, 0.5) is 5.69 Å². The number of nitrogens with one attached hydrogen (secondary N) is 1. The summed E-state index contributed by atoms with van der Waals surface area (Å²) in [5.41, 5.74) is 1.32. The Bertz CT molecular complexity index is 954. The molecule has 0 heterocycles. The van der Waals surface area contributed by atoms with Gasteiger partial charge in [0.15, 0.2) is 6.10 Å². The Morgan fingerprint density at radius 3 is 2.31 bits per heavy atom. The van der Waals surface area contributed by atoms with Crippen molar-refractivity contribution in [3.8, 4) is 11.8 Å². The Kier molecular flexibility index (Phi) is 9.23. The molecule has 0 saturated carbocycles. The van der Waals surface area contributed by atoms with Crippen molar-refractivity contribution in [3.63, 3.8) is 0 Å². The van der Waals surface area contributed by atoms with Gasteiger partial charge in [-0.3, -0.25) is 14.4 Å². The van der Waals surface area contributed by atoms with Crippen LogP contribution in [-0.2, 0) is 19.1 Å². The summed E-state index contributed by atoms with van der Waals surface area (Å²) in [6.45, 7) is 3.03. The molecule has 32 heavy (non-hydrogen) atoms. The fourth-order valence-electron chi connectivity index (χ4n) is 3.15. The lowest BCUT2D eigenvalue weighted by atomic mass is 10.0. The van der Waals surface area contributed by atoms with Crippen molar-refractivity contribution in [2.75, 3.05) is 18.6 Å². The molecule has 8 nitrogen and oxygen atoms in total. The molecule has 168 valence electrons. The number of para-hydroxylation sites is 1. The molecule has 2 atom stereocenters. The maximum absolute atomic E-state index is 12.9. The lowest BCUT2D eigenvalue weighted by Gasteiger charge is -2.25. The molecule has 2 aromatic rings. The second-order valence-electron chi connectivity index (χ2n) is 7.10. The third-order valence-electron chi connectivity index (χ3n) is 4.70. The van der Waals surface area contributed by atoms with E-state index in [1.807, 2.05) is 12.1 Å². The molecule has 0 aliphatic heterocycles. The minimum atomic E-state index is -1.06. The SMILES string of the molecule is COc1ccc(C(CC(=O)OC(C)C(=O)N(CCC#N)c2ccccc2)NC(C)=O)cc1. The molecule has 2 rings (SSSR count). The summed E-state index contributed by atoms with van der Waals surface area (Å²) in [5.74, 6) is -0.709. The predicted octanol–water partition coefficient (Wildman–Crippen LogP) is 3.14. The average molecular weight is 437 g/mol. The van der Waals surface area contributed by atoms with Crippen LogP contribution in [0.25, 0.3) is 0 Å². The average Bonchev–Trinajstić information content (AvgIpc) is 2.79. The minimum Gasteiger partial charge on any atom is -0.497 e. The Labute approximate surface area is 187 Å². The first-order valence-corrected chi connectivity index (χ1v) is 10.2. The summed E-state index contributed by atoms with van der Waals surface area (Å²) in [4.78, 5) is 38.6. The molecule has 0 fully saturated rings. The number of benzene rings is 2. The first-order chi connectivity index (χ1) is 15.3. The number of hydrogen-bond acceptors (Lipinski definition) is 6. The zero-order valence-corrected chi connectivity index (χ0v) is 18.4. The van der Waals surface area contributed by atoms with E-state index < -0.39 is 24.0 Å². The molecule has 0 aromatic heterocycles. The van der Waals surface area contributed by atoms with Gasteiger partial charge < -0.3 is 19.7 Å². The topological polar surface area (TPSA) is 109 Å². The van der Waals surface area contributed by atoms with Crippen LogP contribution in [-0.4, -0.2) is 37.5 Å². The van der Waals surface area contributed by atoms with Crippen LogP contribution < -0.4 is 15.0 Å². The van der Waals surface area contributed by atoms with Crippen LogP contribution in [0, 0.1) is 11.3 Å². The van der Waals surface area contributed by atoms with E-state index in [1.54, 1.807) is 55.6 Å². The van der Waals surface area contributed by atoms with Gasteiger partial charge in [0.05, 0.1) is 32.1 Å². The van der Waals surface area contributed by atoms with E-state index in [-0.39, 0.29) is 25.3 Å². The molecule has 2 aromatic carbocycles. The van der Waals surface area contributed by atoms with Crippen molar-refractivity contribution in [1.82, 2.24) is 5.32 Å². The highest BCUT2D eigenvalue weighted by molar-refractivity contribution is 5.97. The van der Waals surface area contributed by atoms with Crippen molar-refractivity contribution < 1.29 is 23.9 Å². The van der Waals surface area contributed by atoms with E-state index in [2.05, 4.69) is 5.32 Å². The van der Waals surface area contributed by atoms with E-state index in [4.69, 9.17) is 14.7 Å². The van der Waals surface area contributed by atoms with E-state index >= 15 is 0 Å². The monoisotopic (exact) mass is 437 g/mol. The van der Waals surface area contributed by atoms with Gasteiger partial charge in [0, 0.05) is 19.2 Å². The third kappa shape index (κ3) is 7.13. The number of rotatable bonds is 10. The standard InChI is InChI=1S/C24H27N3O5/c1-17(24(30)27(15-7-14-25)20-8-5-4-6-9-20)32-23(29)16-22(26-18(2)28)19-10-12-21(31-3)13-11-19/h4-6,8-13,17,22H,7,15-16H2,1-3H3,(H,26,28). The smallest absolute Gasteiger partial charge is 0.309 e. The van der Waals surface area contributed by atoms with E-state index in [0.717, 1.165) is 0 Å². The largest absolute Gasteiger partial charge is 0.497 e. The Balaban J connectivity index is 2.09. The molecular weight excluding hydrogens is 410 g/mol. The van der Waals surface area contributed by atoms with Gasteiger partial charge in [0.2, 0.25) is 5.91 Å². The van der Waals surface area contributed by atoms with Crippen LogP contribution in [0.2, 0.25) is 0 Å². The van der Waals surface area contributed by atoms with Crippen molar-refractivity contribution in [3.05, 3.63) is 60.2 Å². The highest BCUT2D eigenvalue weighted by Gasteiger charge is 2.26. The second kappa shape index (κ2) is 12.1. The molecule has 0 bridgehead atoms. The number of nitrogens with zero attached hydrogens (tertiary/aromatic N) is 2. The zero-order chi connectivity index (χ0) is 23.5. The number of nitriles is 1. The van der Waals surface area contributed by atoms with E-state index in [1.165, 1.54) is 18.7 Å². The number of esters is 1. The number of carbonyl (C=O) groups excluding carboxylic acids is 3. The fourth-order valence-corrected chi connectivity index (χ4v) is 3.15. The van der Waals surface area contributed by atoms with Gasteiger partial charge in [-0.25, -0.2) is 0 Å². The van der Waals surface area contributed by atoms with Gasteiger partial charge in [0.1, 0.15) is 5.75 Å². The van der Waals surface area contributed by atoms with E-state index in [0.29, 0.717) is 17.0 Å². The fraction of sp³-hybridized carbons (Fsp3) is 0.333. The first kappa shape index (κ1) is 24.4. The van der Waals surface area contributed by atoms with Crippen LogP contribution >= 0.6 is 0 Å². The molecule has 0 aliphatic carbocycles. The highest BCUT2D eigenvalue weighted by Crippen LogP contribution is 2.22. The number of amides is 2. The van der Waals surface area contributed by atoms with Crippen molar-refractivity contribution in [1.29, 1.82) is 5.26 Å². The van der Waals surface area contributed by atoms with Crippen LogP contribution in [0.3, 0.4) is 0 Å². The normalized spacial score (nSPS) is 12.1. The summed E-state index contributed by atoms with van der Waals surface area (Å²) in [6.07, 6.45) is -1.06. The molecule has 2 unspecified atom stereocenters. The molecule has 1 N–H and O–H groups in total. The summed E-state index contributed by atoms with van der Waals surface area (Å²) < 4.78 is 10.5. The second-order valence-corrected chi connectivity index (χ2v) is 7.10. The summed E-state index contributed by atoms with van der Waals surface area (Å²) in [6, 6.07) is 17.3. The maximum Gasteiger partial charge on any atom is 0.309 e. The summed E-state index contributed by atoms with van der Waals surface area (Å²) >= 11 is 0. The van der Waals surface area contributed by atoms with Gasteiger partial charge in [-0.2, -0.15) is 5.26 Å². The molecule has 8 heteroatoms. The number of methoxy groups -OCH3 is 1. The number of ether oxygens (including phenoxy) is 2. The Hall–Kier alpha value is -3.86. The van der Waals surface area contributed by atoms with E-state index in [9.17, 15) is 14.4 Å². The molecule has 2 amide bonds. The van der Waals surface area contributed by atoms with Gasteiger partial charge in [-0.1, -0.05) is 30.3 Å². The molecular formula is C24H27N3O5. The Morgan fingerprint density at radius 2 is 1.75 bits per heavy atom. The first-order valence-electron chi connectivity index (χ1n) is 10.2. The molecule has 0 radical (unpaired) electrons. The van der Waals surface area contributed by atoms with Crippen molar-refractivity contribution >= 4 is 23.5 Å². The van der Waals surface area contributed by atoms with Crippen LogP contribution in [0.1, 0.15) is 38.3 Å². The number of carbonyl (C=O) groups is 3. The van der Waals surface area contributed by atoms with Crippen LogP contribution in [0.5, 0.6) is 5.75 Å². The van der Waals surface area contributed by atoms with Gasteiger partial charge >= 0.3 is 5.97 Å².